The van der Waals surface area contributed by atoms with Gasteiger partial charge in [-0.15, -0.1) is 0 Å². The van der Waals surface area contributed by atoms with Crippen LogP contribution in [0.5, 0.6) is 11.5 Å². The molecule has 0 saturated heterocycles. The molecule has 0 radical (unpaired) electrons. The van der Waals surface area contributed by atoms with Crippen molar-refractivity contribution in [1.82, 2.24) is 15.2 Å². The van der Waals surface area contributed by atoms with Crippen LogP contribution in [0.15, 0.2) is 95.6 Å². The number of oxazole rings is 1. The number of carbonyl (C=O) groups excluding carboxylic acids is 1. The van der Waals surface area contributed by atoms with Crippen molar-refractivity contribution in [3.63, 3.8) is 0 Å². The third kappa shape index (κ3) is 6.16. The Morgan fingerprint density at radius 1 is 1.00 bits per heavy atom. The van der Waals surface area contributed by atoms with Gasteiger partial charge in [0.15, 0.2) is 5.69 Å². The Kier molecular flexibility index (Phi) is 6.91. The molecule has 6 nitrogen and oxygen atoms in total. The van der Waals surface area contributed by atoms with Crippen molar-refractivity contribution in [3.05, 3.63) is 114 Å². The highest BCUT2D eigenvalue weighted by Crippen LogP contribution is 2.27. The van der Waals surface area contributed by atoms with Crippen LogP contribution >= 0.6 is 0 Å². The zero-order valence-electron chi connectivity index (χ0n) is 19.8. The number of amides is 1. The minimum atomic E-state index is -0.170. The summed E-state index contributed by atoms with van der Waals surface area (Å²) in [5.41, 5.74) is 2.64. The number of nitrogens with zero attached hydrogens (tertiary/aromatic N) is 2. The van der Waals surface area contributed by atoms with Gasteiger partial charge >= 0.3 is 0 Å². The van der Waals surface area contributed by atoms with E-state index in [1.54, 1.807) is 0 Å². The average molecular weight is 468 g/mol. The van der Waals surface area contributed by atoms with Crippen LogP contribution < -0.4 is 10.1 Å². The van der Waals surface area contributed by atoms with Crippen molar-refractivity contribution in [2.45, 2.75) is 44.9 Å². The number of benzene rings is 3. The Labute approximate surface area is 205 Å². The fourth-order valence-corrected chi connectivity index (χ4v) is 3.99. The van der Waals surface area contributed by atoms with Gasteiger partial charge in [-0.05, 0) is 55.2 Å². The van der Waals surface area contributed by atoms with E-state index in [1.807, 2.05) is 60.7 Å². The monoisotopic (exact) mass is 467 g/mol. The summed E-state index contributed by atoms with van der Waals surface area (Å²) in [7, 11) is 0. The quantitative estimate of drug-likeness (QED) is 0.304. The first-order valence-corrected chi connectivity index (χ1v) is 12.0. The minimum Gasteiger partial charge on any atom is -0.457 e. The maximum Gasteiger partial charge on any atom is 0.273 e. The molecule has 1 heterocycles. The van der Waals surface area contributed by atoms with Gasteiger partial charge in [0.1, 0.15) is 17.8 Å². The number of nitrogens with one attached hydrogen (secondary N) is 1. The topological polar surface area (TPSA) is 67.6 Å². The van der Waals surface area contributed by atoms with Gasteiger partial charge in [0.25, 0.3) is 5.91 Å². The molecule has 4 aromatic rings. The molecule has 0 aliphatic heterocycles. The molecule has 1 aliphatic rings. The SMILES string of the molecule is C[C@@H](c1ccccc1)N(Cc1cccc(Oc2ccccc2)c1)Cc1nc(C(=O)NC2CC2)co1. The number of carbonyl (C=O) groups is 1. The highest BCUT2D eigenvalue weighted by molar-refractivity contribution is 5.92. The second kappa shape index (κ2) is 10.6. The van der Waals surface area contributed by atoms with Gasteiger partial charge in [-0.25, -0.2) is 4.98 Å². The number of ether oxygens (including phenoxy) is 1. The van der Waals surface area contributed by atoms with E-state index >= 15 is 0 Å². The molecule has 6 heteroatoms. The van der Waals surface area contributed by atoms with Gasteiger partial charge in [0, 0.05) is 18.6 Å². The molecule has 1 aromatic heterocycles. The Morgan fingerprint density at radius 2 is 1.71 bits per heavy atom. The Morgan fingerprint density at radius 3 is 2.46 bits per heavy atom. The standard InChI is InChI=1S/C29H29N3O3/c1-21(23-10-4-2-5-11-23)32(19-28-31-27(20-34-28)29(33)30-24-15-16-24)18-22-9-8-14-26(17-22)35-25-12-6-3-7-13-25/h2-14,17,20-21,24H,15-16,18-19H2,1H3,(H,30,33)/t21-/m0/s1. The second-order valence-electron chi connectivity index (χ2n) is 8.93. The van der Waals surface area contributed by atoms with Crippen LogP contribution in [-0.2, 0) is 13.1 Å². The summed E-state index contributed by atoms with van der Waals surface area (Å²) in [5, 5.41) is 2.96. The number of aromatic nitrogens is 1. The molecular weight excluding hydrogens is 438 g/mol. The van der Waals surface area contributed by atoms with E-state index in [0.717, 1.165) is 29.9 Å². The number of hydrogen-bond acceptors (Lipinski definition) is 5. The number of hydrogen-bond donors (Lipinski definition) is 1. The van der Waals surface area contributed by atoms with Gasteiger partial charge in [-0.3, -0.25) is 9.69 Å². The molecule has 35 heavy (non-hydrogen) atoms. The van der Waals surface area contributed by atoms with Gasteiger partial charge in [-0.1, -0.05) is 60.7 Å². The summed E-state index contributed by atoms with van der Waals surface area (Å²) in [6, 6.07) is 28.6. The number of para-hydroxylation sites is 1. The summed E-state index contributed by atoms with van der Waals surface area (Å²) in [5.74, 6) is 1.94. The molecule has 178 valence electrons. The van der Waals surface area contributed by atoms with Crippen molar-refractivity contribution in [3.8, 4) is 11.5 Å². The Balaban J connectivity index is 1.34. The van der Waals surface area contributed by atoms with Gasteiger partial charge in [0.05, 0.1) is 6.54 Å². The molecule has 5 rings (SSSR count). The van der Waals surface area contributed by atoms with Crippen molar-refractivity contribution in [2.75, 3.05) is 0 Å². The zero-order valence-corrected chi connectivity index (χ0v) is 19.8. The summed E-state index contributed by atoms with van der Waals surface area (Å²) >= 11 is 0. The molecule has 1 aliphatic carbocycles. The van der Waals surface area contributed by atoms with Gasteiger partial charge < -0.3 is 14.5 Å². The third-order valence-electron chi connectivity index (χ3n) is 6.13. The molecule has 1 N–H and O–H groups in total. The van der Waals surface area contributed by atoms with Crippen molar-refractivity contribution in [2.24, 2.45) is 0 Å². The van der Waals surface area contributed by atoms with E-state index in [2.05, 4.69) is 46.4 Å². The van der Waals surface area contributed by atoms with Crippen LogP contribution in [0.1, 0.15) is 53.3 Å². The first-order valence-electron chi connectivity index (χ1n) is 12.0. The zero-order chi connectivity index (χ0) is 24.0. The second-order valence-corrected chi connectivity index (χ2v) is 8.93. The van der Waals surface area contributed by atoms with Crippen LogP contribution in [-0.4, -0.2) is 21.8 Å². The Bertz CT molecular complexity index is 1250. The molecule has 1 atom stereocenters. The smallest absolute Gasteiger partial charge is 0.273 e. The van der Waals surface area contributed by atoms with Crippen LogP contribution in [0.2, 0.25) is 0 Å². The van der Waals surface area contributed by atoms with Crippen LogP contribution in [0.4, 0.5) is 0 Å². The van der Waals surface area contributed by atoms with E-state index in [9.17, 15) is 4.79 Å². The molecule has 0 spiro atoms. The third-order valence-corrected chi connectivity index (χ3v) is 6.13. The Hall–Kier alpha value is -3.90. The van der Waals surface area contributed by atoms with Crippen molar-refractivity contribution < 1.29 is 13.9 Å². The van der Waals surface area contributed by atoms with Crippen molar-refractivity contribution >= 4 is 5.91 Å². The van der Waals surface area contributed by atoms with Gasteiger partial charge in [0.2, 0.25) is 5.89 Å². The van der Waals surface area contributed by atoms with Crippen LogP contribution in [0.25, 0.3) is 0 Å². The fraction of sp³-hybridized carbons (Fsp3) is 0.241. The maximum absolute atomic E-state index is 12.4. The normalized spacial score (nSPS) is 14.0. The maximum atomic E-state index is 12.4. The first-order chi connectivity index (χ1) is 17.1. The fourth-order valence-electron chi connectivity index (χ4n) is 3.99. The molecule has 1 fully saturated rings. The minimum absolute atomic E-state index is 0.102. The predicted octanol–water partition coefficient (Wildman–Crippen LogP) is 6.12. The molecule has 1 saturated carbocycles. The van der Waals surface area contributed by atoms with E-state index in [-0.39, 0.29) is 18.0 Å². The summed E-state index contributed by atoms with van der Waals surface area (Å²) < 4.78 is 11.7. The van der Waals surface area contributed by atoms with E-state index in [4.69, 9.17) is 9.15 Å². The summed E-state index contributed by atoms with van der Waals surface area (Å²) in [6.07, 6.45) is 3.52. The van der Waals surface area contributed by atoms with E-state index in [1.165, 1.54) is 11.8 Å². The van der Waals surface area contributed by atoms with Crippen molar-refractivity contribution in [1.29, 1.82) is 0 Å². The highest BCUT2D eigenvalue weighted by atomic mass is 16.5. The summed E-state index contributed by atoms with van der Waals surface area (Å²) in [4.78, 5) is 19.1. The summed E-state index contributed by atoms with van der Waals surface area (Å²) in [6.45, 7) is 3.30. The average Bonchev–Trinajstić information content (AvgIpc) is 3.58. The molecule has 1 amide bonds. The molecular formula is C29H29N3O3. The lowest BCUT2D eigenvalue weighted by atomic mass is 10.1. The van der Waals surface area contributed by atoms with Gasteiger partial charge in [-0.2, -0.15) is 0 Å². The van der Waals surface area contributed by atoms with E-state index < -0.39 is 0 Å². The first kappa shape index (κ1) is 22.9. The lowest BCUT2D eigenvalue weighted by Gasteiger charge is -2.28. The molecule has 0 unspecified atom stereocenters. The van der Waals surface area contributed by atoms with E-state index in [0.29, 0.717) is 24.7 Å². The number of rotatable bonds is 10. The largest absolute Gasteiger partial charge is 0.457 e. The highest BCUT2D eigenvalue weighted by Gasteiger charge is 2.26. The molecule has 3 aromatic carbocycles. The lowest BCUT2D eigenvalue weighted by molar-refractivity contribution is 0.0946. The predicted molar refractivity (Wildman–Crippen MR) is 134 cm³/mol. The lowest BCUT2D eigenvalue weighted by Crippen LogP contribution is -2.27. The van der Waals surface area contributed by atoms with Crippen LogP contribution in [0, 0.1) is 0 Å². The van der Waals surface area contributed by atoms with Crippen LogP contribution in [0.3, 0.4) is 0 Å². The molecule has 0 bridgehead atoms.